The number of carbonyl (C=O) groups is 1. The van der Waals surface area contributed by atoms with Crippen LogP contribution < -0.4 is 5.32 Å². The molecular weight excluding hydrogens is 385 g/mol. The quantitative estimate of drug-likeness (QED) is 0.570. The average Bonchev–Trinajstić information content (AvgIpc) is 3.26. The van der Waals surface area contributed by atoms with Crippen molar-refractivity contribution in [1.82, 2.24) is 24.3 Å². The van der Waals surface area contributed by atoms with Crippen LogP contribution in [0.2, 0.25) is 0 Å². The number of hydrogen-bond acceptors (Lipinski definition) is 4. The van der Waals surface area contributed by atoms with Gasteiger partial charge < -0.3 is 9.88 Å². The molecule has 4 rings (SSSR count). The Balaban J connectivity index is 1.60. The molecule has 0 bridgehead atoms. The number of imidazole rings is 1. The average molecular weight is 400 g/mol. The zero-order chi connectivity index (χ0) is 20.8. The number of amides is 1. The fraction of sp³-hybridized carbons (Fsp3) is 0.158. The third kappa shape index (κ3) is 3.56. The summed E-state index contributed by atoms with van der Waals surface area (Å²) in [6.07, 6.45) is 0.590. The Morgan fingerprint density at radius 1 is 1.10 bits per heavy atom. The number of anilines is 1. The van der Waals surface area contributed by atoms with Gasteiger partial charge >= 0.3 is 6.18 Å². The molecule has 0 atom stereocenters. The minimum Gasteiger partial charge on any atom is -0.334 e. The molecule has 0 unspecified atom stereocenters. The number of nitrogens with zero attached hydrogens (tertiary/aromatic N) is 5. The van der Waals surface area contributed by atoms with Gasteiger partial charge in [0.1, 0.15) is 11.6 Å². The van der Waals surface area contributed by atoms with E-state index >= 15 is 0 Å². The number of aryl methyl sites for hydroxylation is 2. The topological polar surface area (TPSA) is 77.6 Å². The molecule has 0 aliphatic rings. The number of rotatable bonds is 3. The zero-order valence-corrected chi connectivity index (χ0v) is 15.4. The van der Waals surface area contributed by atoms with Gasteiger partial charge in [-0.2, -0.15) is 18.3 Å². The molecule has 0 spiro atoms. The first-order valence-corrected chi connectivity index (χ1v) is 8.52. The van der Waals surface area contributed by atoms with Gasteiger partial charge in [-0.1, -0.05) is 6.07 Å². The summed E-state index contributed by atoms with van der Waals surface area (Å²) in [5.41, 5.74) is 0.607. The highest BCUT2D eigenvalue weighted by molar-refractivity contribution is 6.05. The van der Waals surface area contributed by atoms with Gasteiger partial charge in [-0.3, -0.25) is 14.5 Å². The number of nitrogens with one attached hydrogen (secondary N) is 1. The largest absolute Gasteiger partial charge is 0.435 e. The Kier molecular flexibility index (Phi) is 4.33. The monoisotopic (exact) mass is 400 g/mol. The zero-order valence-electron chi connectivity index (χ0n) is 15.4. The van der Waals surface area contributed by atoms with Crippen molar-refractivity contribution in [2.24, 2.45) is 14.1 Å². The molecular formula is C19H15F3N6O. The molecule has 7 nitrogen and oxygen atoms in total. The van der Waals surface area contributed by atoms with Gasteiger partial charge in [0.25, 0.3) is 5.91 Å². The van der Waals surface area contributed by atoms with Crippen LogP contribution in [-0.4, -0.2) is 30.2 Å². The molecule has 3 heterocycles. The van der Waals surface area contributed by atoms with E-state index in [0.29, 0.717) is 5.52 Å². The van der Waals surface area contributed by atoms with Gasteiger partial charge in [0.05, 0.1) is 5.52 Å². The smallest absolute Gasteiger partial charge is 0.334 e. The summed E-state index contributed by atoms with van der Waals surface area (Å²) >= 11 is 0. The molecule has 3 aromatic heterocycles. The molecule has 0 aliphatic carbocycles. The summed E-state index contributed by atoms with van der Waals surface area (Å²) in [5.74, 6) is 0.150. The van der Waals surface area contributed by atoms with Crippen LogP contribution in [0.3, 0.4) is 0 Å². The number of halogens is 3. The van der Waals surface area contributed by atoms with Crippen LogP contribution in [0.4, 0.5) is 19.0 Å². The number of carbonyl (C=O) groups excluding carboxylic acids is 1. The lowest BCUT2D eigenvalue weighted by molar-refractivity contribution is -0.141. The van der Waals surface area contributed by atoms with E-state index in [0.717, 1.165) is 27.5 Å². The predicted octanol–water partition coefficient (Wildman–Crippen LogP) is 3.64. The highest BCUT2D eigenvalue weighted by Gasteiger charge is 2.34. The van der Waals surface area contributed by atoms with Gasteiger partial charge in [0, 0.05) is 55.3 Å². The SMILES string of the molecule is Cn1ccnc1-c1cnc2cc(C(=O)Nc3cc(C(F)(F)F)nn3C)ccc2c1. The highest BCUT2D eigenvalue weighted by Crippen LogP contribution is 2.30. The Morgan fingerprint density at radius 2 is 1.90 bits per heavy atom. The van der Waals surface area contributed by atoms with E-state index in [-0.39, 0.29) is 11.4 Å². The number of fused-ring (bicyclic) bond motifs is 1. The second-order valence-electron chi connectivity index (χ2n) is 6.48. The molecule has 0 radical (unpaired) electrons. The summed E-state index contributed by atoms with van der Waals surface area (Å²) in [6, 6.07) is 7.59. The first-order chi connectivity index (χ1) is 13.7. The Bertz CT molecular complexity index is 1220. The molecule has 0 saturated carbocycles. The van der Waals surface area contributed by atoms with Crippen molar-refractivity contribution in [1.29, 1.82) is 0 Å². The van der Waals surface area contributed by atoms with E-state index in [1.807, 2.05) is 23.9 Å². The molecule has 0 aliphatic heterocycles. The van der Waals surface area contributed by atoms with Crippen LogP contribution in [0.5, 0.6) is 0 Å². The predicted molar refractivity (Wildman–Crippen MR) is 100 cm³/mol. The van der Waals surface area contributed by atoms with Crippen LogP contribution in [0.25, 0.3) is 22.3 Å². The minimum atomic E-state index is -4.58. The summed E-state index contributed by atoms with van der Waals surface area (Å²) in [6.45, 7) is 0. The summed E-state index contributed by atoms with van der Waals surface area (Å²) in [5, 5.41) is 6.63. The molecule has 148 valence electrons. The molecule has 4 aromatic rings. The van der Waals surface area contributed by atoms with Gasteiger partial charge in [-0.25, -0.2) is 4.98 Å². The van der Waals surface area contributed by atoms with Crippen LogP contribution >= 0.6 is 0 Å². The van der Waals surface area contributed by atoms with Crippen molar-refractivity contribution < 1.29 is 18.0 Å². The van der Waals surface area contributed by atoms with Crippen molar-refractivity contribution >= 4 is 22.6 Å². The molecule has 1 aromatic carbocycles. The number of pyridine rings is 1. The lowest BCUT2D eigenvalue weighted by atomic mass is 10.1. The van der Waals surface area contributed by atoms with Gasteiger partial charge in [0.15, 0.2) is 5.69 Å². The Morgan fingerprint density at radius 3 is 2.55 bits per heavy atom. The maximum atomic E-state index is 12.8. The van der Waals surface area contributed by atoms with Crippen LogP contribution in [0.1, 0.15) is 16.1 Å². The van der Waals surface area contributed by atoms with Crippen LogP contribution in [0, 0.1) is 0 Å². The van der Waals surface area contributed by atoms with Gasteiger partial charge in [-0.15, -0.1) is 0 Å². The van der Waals surface area contributed by atoms with Crippen molar-refractivity contribution in [2.75, 3.05) is 5.32 Å². The summed E-state index contributed by atoms with van der Waals surface area (Å²) in [4.78, 5) is 21.2. The molecule has 1 amide bonds. The van der Waals surface area contributed by atoms with E-state index in [2.05, 4.69) is 20.4 Å². The molecule has 0 saturated heterocycles. The third-order valence-electron chi connectivity index (χ3n) is 4.44. The normalized spacial score (nSPS) is 11.8. The van der Waals surface area contributed by atoms with E-state index in [4.69, 9.17) is 0 Å². The molecule has 29 heavy (non-hydrogen) atoms. The Hall–Kier alpha value is -3.69. The first-order valence-electron chi connectivity index (χ1n) is 8.52. The van der Waals surface area contributed by atoms with E-state index < -0.39 is 17.8 Å². The number of hydrogen-bond donors (Lipinski definition) is 1. The van der Waals surface area contributed by atoms with Crippen molar-refractivity contribution in [3.8, 4) is 11.4 Å². The first kappa shape index (κ1) is 18.7. The van der Waals surface area contributed by atoms with Crippen molar-refractivity contribution in [3.05, 3.63) is 60.2 Å². The Labute approximate surface area is 162 Å². The van der Waals surface area contributed by atoms with Gasteiger partial charge in [-0.05, 0) is 18.2 Å². The standard InChI is InChI=1S/C19H15F3N6O/c1-27-6-5-23-17(27)13-7-11-3-4-12(8-14(11)24-10-13)18(29)25-16-9-15(19(20,21)22)26-28(16)2/h3-10H,1-2H3,(H,25,29). The number of benzene rings is 1. The number of aromatic nitrogens is 5. The summed E-state index contributed by atoms with van der Waals surface area (Å²) in [7, 11) is 3.20. The van der Waals surface area contributed by atoms with E-state index in [1.54, 1.807) is 30.6 Å². The second-order valence-corrected chi connectivity index (χ2v) is 6.48. The molecule has 10 heteroatoms. The lowest BCUT2D eigenvalue weighted by Gasteiger charge is -2.07. The van der Waals surface area contributed by atoms with Crippen LogP contribution in [-0.2, 0) is 20.3 Å². The van der Waals surface area contributed by atoms with E-state index in [1.165, 1.54) is 7.05 Å². The maximum absolute atomic E-state index is 12.8. The van der Waals surface area contributed by atoms with E-state index in [9.17, 15) is 18.0 Å². The number of alkyl halides is 3. The fourth-order valence-corrected chi connectivity index (χ4v) is 2.94. The summed E-state index contributed by atoms with van der Waals surface area (Å²) < 4.78 is 41.2. The fourth-order valence-electron chi connectivity index (χ4n) is 2.94. The maximum Gasteiger partial charge on any atom is 0.435 e. The minimum absolute atomic E-state index is 0.0551. The van der Waals surface area contributed by atoms with Crippen LogP contribution in [0.15, 0.2) is 48.9 Å². The molecule has 1 N–H and O–H groups in total. The molecule has 0 fully saturated rings. The van der Waals surface area contributed by atoms with Crippen molar-refractivity contribution in [2.45, 2.75) is 6.18 Å². The second kappa shape index (κ2) is 6.73. The van der Waals surface area contributed by atoms with Crippen molar-refractivity contribution in [3.63, 3.8) is 0 Å². The highest BCUT2D eigenvalue weighted by atomic mass is 19.4. The third-order valence-corrected chi connectivity index (χ3v) is 4.44. The van der Waals surface area contributed by atoms with Gasteiger partial charge in [0.2, 0.25) is 0 Å². The lowest BCUT2D eigenvalue weighted by Crippen LogP contribution is -2.14.